The van der Waals surface area contributed by atoms with Crippen LogP contribution in [0.15, 0.2) is 24.3 Å². The quantitative estimate of drug-likeness (QED) is 0.735. The second-order valence-corrected chi connectivity index (χ2v) is 10.2. The third-order valence-electron chi connectivity index (χ3n) is 7.43. The van der Waals surface area contributed by atoms with Crippen molar-refractivity contribution in [2.75, 3.05) is 38.2 Å². The summed E-state index contributed by atoms with van der Waals surface area (Å²) < 4.78 is 5.35. The number of alkyl halides is 1. The van der Waals surface area contributed by atoms with Crippen molar-refractivity contribution in [2.24, 2.45) is 17.3 Å². The molecule has 2 unspecified atom stereocenters. The molecule has 0 aromatic heterocycles. The first-order valence-electron chi connectivity index (χ1n) is 10.4. The fraction of sp³-hybridized carbons (Fsp3) is 0.682. The van der Waals surface area contributed by atoms with Crippen LogP contribution in [0.1, 0.15) is 38.5 Å². The van der Waals surface area contributed by atoms with Gasteiger partial charge in [0.25, 0.3) is 0 Å². The van der Waals surface area contributed by atoms with Crippen molar-refractivity contribution in [1.29, 1.82) is 0 Å². The van der Waals surface area contributed by atoms with Gasteiger partial charge in [0.1, 0.15) is 5.75 Å². The van der Waals surface area contributed by atoms with Crippen molar-refractivity contribution < 1.29 is 9.53 Å². The first-order valence-corrected chi connectivity index (χ1v) is 10.7. The van der Waals surface area contributed by atoms with E-state index in [1.165, 1.54) is 12.1 Å². The number of piperazine rings is 1. The summed E-state index contributed by atoms with van der Waals surface area (Å²) in [6, 6.07) is 8.20. The Bertz CT molecular complexity index is 730. The molecule has 1 heterocycles. The van der Waals surface area contributed by atoms with Crippen LogP contribution in [-0.4, -0.2) is 49.0 Å². The van der Waals surface area contributed by atoms with Crippen molar-refractivity contribution in [3.63, 3.8) is 0 Å². The maximum absolute atomic E-state index is 13.6. The van der Waals surface area contributed by atoms with Gasteiger partial charge in [0.15, 0.2) is 0 Å². The van der Waals surface area contributed by atoms with E-state index in [0.717, 1.165) is 64.0 Å². The predicted molar refractivity (Wildman–Crippen MR) is 107 cm³/mol. The third-order valence-corrected chi connectivity index (χ3v) is 7.87. The second-order valence-electron chi connectivity index (χ2n) is 9.37. The summed E-state index contributed by atoms with van der Waals surface area (Å²) in [5.74, 6) is 2.62. The minimum atomic E-state index is -0.163. The van der Waals surface area contributed by atoms with Gasteiger partial charge in [-0.05, 0) is 62.5 Å². The van der Waals surface area contributed by atoms with Gasteiger partial charge in [-0.2, -0.15) is 0 Å². The maximum Gasteiger partial charge on any atom is 0.228 e. The number of hydrogen-bond acceptors (Lipinski definition) is 3. The van der Waals surface area contributed by atoms with Crippen LogP contribution in [0.5, 0.6) is 5.75 Å². The Kier molecular flexibility index (Phi) is 4.12. The SMILES string of the molecule is COc1cccc(N2CCN(C(=O)C34C[C@@H]5C[C@@H](CC(Cl)(C5)C3)C4)CC2)c1. The number of nitrogens with zero attached hydrogens (tertiary/aromatic N) is 2. The number of ether oxygens (including phenoxy) is 1. The highest BCUT2D eigenvalue weighted by Crippen LogP contribution is 2.64. The summed E-state index contributed by atoms with van der Waals surface area (Å²) in [6.07, 6.45) is 6.61. The van der Waals surface area contributed by atoms with Gasteiger partial charge in [0, 0.05) is 42.8 Å². The smallest absolute Gasteiger partial charge is 0.228 e. The standard InChI is InChI=1S/C22H29ClN2O2/c1-27-19-4-2-3-18(10-19)24-5-7-25(8-6-24)20(26)21-11-16-9-17(12-21)14-22(23,13-16)15-21/h2-4,10,16-17H,5-9,11-15H2,1H3/t16-,17+,21?,22?. The van der Waals surface area contributed by atoms with E-state index in [9.17, 15) is 4.79 Å². The number of methoxy groups -OCH3 is 1. The van der Waals surface area contributed by atoms with Crippen LogP contribution >= 0.6 is 11.6 Å². The van der Waals surface area contributed by atoms with E-state index in [0.29, 0.717) is 17.7 Å². The molecule has 5 fully saturated rings. The van der Waals surface area contributed by atoms with E-state index in [1.54, 1.807) is 7.11 Å². The fourth-order valence-corrected chi connectivity index (χ4v) is 7.40. The molecule has 146 valence electrons. The van der Waals surface area contributed by atoms with E-state index < -0.39 is 0 Å². The molecule has 1 aromatic rings. The zero-order valence-corrected chi connectivity index (χ0v) is 16.9. The number of halogens is 1. The molecule has 0 spiro atoms. The predicted octanol–water partition coefficient (Wildman–Crippen LogP) is 3.92. The van der Waals surface area contributed by atoms with Crippen LogP contribution in [0.25, 0.3) is 0 Å². The number of anilines is 1. The molecule has 27 heavy (non-hydrogen) atoms. The molecule has 5 aliphatic rings. The molecule has 4 atom stereocenters. The first kappa shape index (κ1) is 17.7. The van der Waals surface area contributed by atoms with Crippen LogP contribution in [0.2, 0.25) is 0 Å². The lowest BCUT2D eigenvalue weighted by Crippen LogP contribution is -2.61. The molecule has 4 nitrogen and oxygen atoms in total. The average molecular weight is 389 g/mol. The van der Waals surface area contributed by atoms with Gasteiger partial charge >= 0.3 is 0 Å². The van der Waals surface area contributed by atoms with Crippen molar-refractivity contribution in [1.82, 2.24) is 4.90 Å². The van der Waals surface area contributed by atoms with Gasteiger partial charge < -0.3 is 14.5 Å². The molecule has 1 aromatic carbocycles. The van der Waals surface area contributed by atoms with Gasteiger partial charge in [-0.3, -0.25) is 4.79 Å². The zero-order valence-electron chi connectivity index (χ0n) is 16.1. The Morgan fingerprint density at radius 3 is 2.44 bits per heavy atom. The first-order chi connectivity index (χ1) is 13.0. The highest BCUT2D eigenvalue weighted by atomic mass is 35.5. The minimum absolute atomic E-state index is 0.0951. The average Bonchev–Trinajstić information content (AvgIpc) is 2.66. The van der Waals surface area contributed by atoms with Gasteiger partial charge in [-0.25, -0.2) is 0 Å². The third kappa shape index (κ3) is 3.00. The van der Waals surface area contributed by atoms with Crippen molar-refractivity contribution in [3.05, 3.63) is 24.3 Å². The van der Waals surface area contributed by atoms with Gasteiger partial charge in [0.05, 0.1) is 12.5 Å². The number of carbonyl (C=O) groups is 1. The highest BCUT2D eigenvalue weighted by Gasteiger charge is 2.60. The summed E-state index contributed by atoms with van der Waals surface area (Å²) in [7, 11) is 1.70. The summed E-state index contributed by atoms with van der Waals surface area (Å²) in [5, 5.41) is 0. The van der Waals surface area contributed by atoms with E-state index in [1.807, 2.05) is 12.1 Å². The number of hydrogen-bond donors (Lipinski definition) is 0. The fourth-order valence-electron chi connectivity index (χ4n) is 6.71. The maximum atomic E-state index is 13.6. The van der Waals surface area contributed by atoms with Crippen molar-refractivity contribution in [3.8, 4) is 5.75 Å². The Balaban J connectivity index is 1.28. The van der Waals surface area contributed by atoms with Gasteiger partial charge in [-0.15, -0.1) is 11.6 Å². The van der Waals surface area contributed by atoms with E-state index in [4.69, 9.17) is 16.3 Å². The highest BCUT2D eigenvalue weighted by molar-refractivity contribution is 6.24. The Labute approximate surface area is 166 Å². The molecule has 4 bridgehead atoms. The topological polar surface area (TPSA) is 32.8 Å². The Morgan fingerprint density at radius 1 is 1.11 bits per heavy atom. The Morgan fingerprint density at radius 2 is 1.81 bits per heavy atom. The molecular formula is C22H29ClN2O2. The van der Waals surface area contributed by atoms with Crippen molar-refractivity contribution >= 4 is 23.2 Å². The van der Waals surface area contributed by atoms with Crippen LogP contribution in [-0.2, 0) is 4.79 Å². The van der Waals surface area contributed by atoms with E-state index in [-0.39, 0.29) is 10.3 Å². The molecule has 1 aliphatic heterocycles. The zero-order chi connectivity index (χ0) is 18.6. The molecule has 5 heteroatoms. The number of amides is 1. The Hall–Kier alpha value is -1.42. The van der Waals surface area contributed by atoms with Crippen molar-refractivity contribution in [2.45, 2.75) is 43.4 Å². The summed E-state index contributed by atoms with van der Waals surface area (Å²) in [6.45, 7) is 3.38. The second kappa shape index (κ2) is 6.30. The summed E-state index contributed by atoms with van der Waals surface area (Å²) in [5.41, 5.74) is 1.01. The summed E-state index contributed by atoms with van der Waals surface area (Å²) in [4.78, 5) is 18.0. The normalized spacial score (nSPS) is 37.6. The lowest BCUT2D eigenvalue weighted by Gasteiger charge is -2.60. The van der Waals surface area contributed by atoms with Crippen LogP contribution < -0.4 is 9.64 Å². The molecule has 0 N–H and O–H groups in total. The van der Waals surface area contributed by atoms with E-state index >= 15 is 0 Å². The minimum Gasteiger partial charge on any atom is -0.497 e. The summed E-state index contributed by atoms with van der Waals surface area (Å²) >= 11 is 6.94. The lowest BCUT2D eigenvalue weighted by molar-refractivity contribution is -0.156. The van der Waals surface area contributed by atoms with Gasteiger partial charge in [-0.1, -0.05) is 6.07 Å². The monoisotopic (exact) mass is 388 g/mol. The van der Waals surface area contributed by atoms with Crippen LogP contribution in [0, 0.1) is 17.3 Å². The molecule has 1 saturated heterocycles. The molecule has 0 radical (unpaired) electrons. The molecule has 4 saturated carbocycles. The number of benzene rings is 1. The van der Waals surface area contributed by atoms with Crippen LogP contribution in [0.4, 0.5) is 5.69 Å². The number of carbonyl (C=O) groups excluding carboxylic acids is 1. The lowest BCUT2D eigenvalue weighted by atomic mass is 9.49. The molecule has 6 rings (SSSR count). The van der Waals surface area contributed by atoms with Gasteiger partial charge in [0.2, 0.25) is 5.91 Å². The van der Waals surface area contributed by atoms with E-state index in [2.05, 4.69) is 21.9 Å². The molecular weight excluding hydrogens is 360 g/mol. The molecule has 4 aliphatic carbocycles. The number of rotatable bonds is 3. The molecule has 1 amide bonds. The largest absolute Gasteiger partial charge is 0.497 e. The van der Waals surface area contributed by atoms with Crippen LogP contribution in [0.3, 0.4) is 0 Å².